The van der Waals surface area contributed by atoms with E-state index in [9.17, 15) is 0 Å². The van der Waals surface area contributed by atoms with Gasteiger partial charge in [0.05, 0.1) is 33.1 Å². The van der Waals surface area contributed by atoms with Crippen molar-refractivity contribution >= 4 is 94.2 Å². The normalized spacial score (nSPS) is 12.0. The van der Waals surface area contributed by atoms with E-state index in [2.05, 4.69) is 287 Å². The summed E-state index contributed by atoms with van der Waals surface area (Å²) in [5.41, 5.74) is 12.9. The van der Waals surface area contributed by atoms with Gasteiger partial charge in [-0.3, -0.25) is 0 Å². The Labute approximate surface area is 407 Å². The average Bonchev–Trinajstić information content (AvgIpc) is 4.08. The SMILES string of the molecule is c1ccc(-c2ccc(-n3c4cc(-n5c6ccccc6c6ccccc65)ccc4c4ccc(-n5c6ccccc6c6cccc([Si](c7ccccc7)(c7ccccc7)c7ccccc7)c65)cc43)cc2)cc1. The first-order valence-electron chi connectivity index (χ1n) is 24.2. The number of nitrogens with zero attached hydrogens (tertiary/aromatic N) is 3. The molecule has 0 saturated carbocycles. The van der Waals surface area contributed by atoms with Crippen LogP contribution in [0.3, 0.4) is 0 Å². The van der Waals surface area contributed by atoms with Crippen LogP contribution in [-0.2, 0) is 0 Å². The lowest BCUT2D eigenvalue weighted by molar-refractivity contribution is 1.14. The first-order valence-corrected chi connectivity index (χ1v) is 26.2. The molecule has 0 spiro atoms. The lowest BCUT2D eigenvalue weighted by Gasteiger charge is -2.35. The number of hydrogen-bond donors (Lipinski definition) is 0. The van der Waals surface area contributed by atoms with Crippen LogP contribution in [0.25, 0.3) is 93.6 Å². The van der Waals surface area contributed by atoms with Gasteiger partial charge in [-0.15, -0.1) is 0 Å². The molecule has 3 aromatic heterocycles. The minimum atomic E-state index is -2.97. The zero-order valence-corrected chi connectivity index (χ0v) is 39.3. The van der Waals surface area contributed by atoms with Crippen LogP contribution in [0.2, 0.25) is 0 Å². The van der Waals surface area contributed by atoms with Crippen LogP contribution in [0.4, 0.5) is 0 Å². The monoisotopic (exact) mass is 907 g/mol. The number of para-hydroxylation sites is 4. The van der Waals surface area contributed by atoms with E-state index in [0.717, 1.165) is 28.1 Å². The molecule has 4 heteroatoms. The average molecular weight is 908 g/mol. The molecule has 328 valence electrons. The lowest BCUT2D eigenvalue weighted by atomic mass is 10.1. The van der Waals surface area contributed by atoms with Gasteiger partial charge in [-0.1, -0.05) is 218 Å². The maximum absolute atomic E-state index is 2.97. The summed E-state index contributed by atoms with van der Waals surface area (Å²) in [5.74, 6) is 0. The molecule has 11 aromatic carbocycles. The summed E-state index contributed by atoms with van der Waals surface area (Å²) in [6.45, 7) is 0. The number of hydrogen-bond acceptors (Lipinski definition) is 0. The van der Waals surface area contributed by atoms with Crippen molar-refractivity contribution in [1.29, 1.82) is 0 Å². The van der Waals surface area contributed by atoms with Crippen molar-refractivity contribution in [3.8, 4) is 28.2 Å². The van der Waals surface area contributed by atoms with Gasteiger partial charge in [0.15, 0.2) is 8.07 Å². The Balaban J connectivity index is 1.08. The summed E-state index contributed by atoms with van der Waals surface area (Å²) in [6, 6.07) is 101. The van der Waals surface area contributed by atoms with Crippen molar-refractivity contribution < 1.29 is 0 Å². The molecule has 0 aliphatic rings. The maximum Gasteiger partial charge on any atom is 0.181 e. The van der Waals surface area contributed by atoms with E-state index in [4.69, 9.17) is 0 Å². The molecule has 0 amide bonds. The fourth-order valence-corrected chi connectivity index (χ4v) is 16.8. The molecule has 0 radical (unpaired) electrons. The molecule has 0 saturated heterocycles. The van der Waals surface area contributed by atoms with Crippen molar-refractivity contribution in [2.75, 3.05) is 0 Å². The highest BCUT2D eigenvalue weighted by molar-refractivity contribution is 7.20. The fraction of sp³-hybridized carbons (Fsp3) is 0. The molecule has 3 nitrogen and oxygen atoms in total. The molecular weight excluding hydrogens is 863 g/mol. The van der Waals surface area contributed by atoms with Crippen LogP contribution >= 0.6 is 0 Å². The third-order valence-corrected chi connectivity index (χ3v) is 19.6. The largest absolute Gasteiger partial charge is 0.309 e. The van der Waals surface area contributed by atoms with E-state index in [1.165, 1.54) is 86.3 Å². The zero-order chi connectivity index (χ0) is 46.2. The number of aromatic nitrogens is 3. The molecule has 0 aliphatic heterocycles. The highest BCUT2D eigenvalue weighted by Gasteiger charge is 2.43. The summed E-state index contributed by atoms with van der Waals surface area (Å²) >= 11 is 0. The van der Waals surface area contributed by atoms with Crippen molar-refractivity contribution in [2.45, 2.75) is 0 Å². The first-order chi connectivity index (χ1) is 34.8. The van der Waals surface area contributed by atoms with Gasteiger partial charge >= 0.3 is 0 Å². The van der Waals surface area contributed by atoms with Crippen LogP contribution in [-0.4, -0.2) is 21.8 Å². The quantitative estimate of drug-likeness (QED) is 0.107. The van der Waals surface area contributed by atoms with Gasteiger partial charge in [-0.25, -0.2) is 0 Å². The molecule has 0 fully saturated rings. The van der Waals surface area contributed by atoms with Crippen molar-refractivity contribution in [1.82, 2.24) is 13.7 Å². The zero-order valence-electron chi connectivity index (χ0n) is 38.3. The first kappa shape index (κ1) is 40.1. The van der Waals surface area contributed by atoms with E-state index in [1.54, 1.807) is 0 Å². The second kappa shape index (κ2) is 16.1. The predicted octanol–water partition coefficient (Wildman–Crippen LogP) is 14.0. The summed E-state index contributed by atoms with van der Waals surface area (Å²) in [6.07, 6.45) is 0. The van der Waals surface area contributed by atoms with Gasteiger partial charge in [-0.05, 0) is 86.5 Å². The molecule has 0 atom stereocenters. The second-order valence-electron chi connectivity index (χ2n) is 18.4. The topological polar surface area (TPSA) is 14.8 Å². The molecule has 3 heterocycles. The van der Waals surface area contributed by atoms with Crippen LogP contribution in [0.5, 0.6) is 0 Å². The summed E-state index contributed by atoms with van der Waals surface area (Å²) < 4.78 is 7.49. The molecule has 0 aliphatic carbocycles. The predicted molar refractivity (Wildman–Crippen MR) is 299 cm³/mol. The highest BCUT2D eigenvalue weighted by Crippen LogP contribution is 2.40. The summed E-state index contributed by atoms with van der Waals surface area (Å²) in [5, 5.41) is 12.8. The Kier molecular flexibility index (Phi) is 9.23. The maximum atomic E-state index is 2.57. The van der Waals surface area contributed by atoms with Crippen molar-refractivity contribution in [3.05, 3.63) is 273 Å². The lowest BCUT2D eigenvalue weighted by Crippen LogP contribution is -2.75. The number of rotatable bonds is 8. The Morgan fingerprint density at radius 1 is 0.229 bits per heavy atom. The summed E-state index contributed by atoms with van der Waals surface area (Å²) in [7, 11) is -2.97. The van der Waals surface area contributed by atoms with Crippen LogP contribution in [0.1, 0.15) is 0 Å². The fourth-order valence-electron chi connectivity index (χ4n) is 11.8. The van der Waals surface area contributed by atoms with Crippen molar-refractivity contribution in [3.63, 3.8) is 0 Å². The van der Waals surface area contributed by atoms with E-state index in [1.807, 2.05) is 0 Å². The van der Waals surface area contributed by atoms with E-state index in [-0.39, 0.29) is 0 Å². The Morgan fingerprint density at radius 2 is 0.586 bits per heavy atom. The van der Waals surface area contributed by atoms with Crippen LogP contribution in [0.15, 0.2) is 273 Å². The Bertz CT molecular complexity index is 4110. The van der Waals surface area contributed by atoms with Crippen molar-refractivity contribution in [2.24, 2.45) is 0 Å². The summed E-state index contributed by atoms with van der Waals surface area (Å²) in [4.78, 5) is 0. The minimum absolute atomic E-state index is 1.11. The molecule has 14 aromatic rings. The van der Waals surface area contributed by atoms with Crippen LogP contribution < -0.4 is 20.7 Å². The van der Waals surface area contributed by atoms with Crippen LogP contribution in [0, 0.1) is 0 Å². The van der Waals surface area contributed by atoms with E-state index in [0.29, 0.717) is 0 Å². The Morgan fingerprint density at radius 3 is 1.10 bits per heavy atom. The molecular formula is C66H45N3Si. The van der Waals surface area contributed by atoms with Gasteiger partial charge in [0.1, 0.15) is 0 Å². The van der Waals surface area contributed by atoms with Gasteiger partial charge in [0, 0.05) is 49.4 Å². The van der Waals surface area contributed by atoms with Gasteiger partial charge in [0.2, 0.25) is 0 Å². The molecule has 0 N–H and O–H groups in total. The molecule has 14 rings (SSSR count). The third kappa shape index (κ3) is 6.00. The van der Waals surface area contributed by atoms with E-state index < -0.39 is 8.07 Å². The van der Waals surface area contributed by atoms with Gasteiger partial charge in [0.25, 0.3) is 0 Å². The minimum Gasteiger partial charge on any atom is -0.309 e. The molecule has 0 unspecified atom stereocenters. The van der Waals surface area contributed by atoms with Gasteiger partial charge < -0.3 is 13.7 Å². The number of benzene rings is 11. The molecule has 0 bridgehead atoms. The Hall–Kier alpha value is -8.96. The second-order valence-corrected chi connectivity index (χ2v) is 22.2. The number of fused-ring (bicyclic) bond motifs is 9. The highest BCUT2D eigenvalue weighted by atomic mass is 28.3. The molecule has 70 heavy (non-hydrogen) atoms. The smallest absolute Gasteiger partial charge is 0.181 e. The van der Waals surface area contributed by atoms with Gasteiger partial charge in [-0.2, -0.15) is 0 Å². The standard InChI is InChI=1S/C66H45N3Si/c1-5-20-46(21-6-1)47-36-38-48(39-37-47)67-63-44-49(68-60-32-16-13-28-54(60)55-29-14-17-33-61(55)68)40-42-57(63)58-43-41-50(45-64(58)67)69-62-34-18-15-30-56(62)59-31-19-35-65(66(59)69)70(51-22-7-2-8-23-51,52-24-9-3-10-25-52)53-26-11-4-12-27-53/h1-45H. The van der Waals surface area contributed by atoms with E-state index >= 15 is 0 Å². The third-order valence-electron chi connectivity index (χ3n) is 14.8.